The predicted octanol–water partition coefficient (Wildman–Crippen LogP) is 0.308. The van der Waals surface area contributed by atoms with Crippen molar-refractivity contribution in [1.29, 1.82) is 0 Å². The van der Waals surface area contributed by atoms with E-state index in [2.05, 4.69) is 6.92 Å². The van der Waals surface area contributed by atoms with Gasteiger partial charge in [0.1, 0.15) is 41.5 Å². The Morgan fingerprint density at radius 2 is 1.86 bits per heavy atom. The molecule has 1 fully saturated rings. The van der Waals surface area contributed by atoms with E-state index in [4.69, 9.17) is 14.2 Å². The molecule has 5 N–H and O–H groups in total. The van der Waals surface area contributed by atoms with Gasteiger partial charge in [0, 0.05) is 0 Å². The first-order chi connectivity index (χ1) is 13.4. The molecule has 0 amide bonds. The molecular weight excluding hydrogens is 372 g/mol. The van der Waals surface area contributed by atoms with Gasteiger partial charge in [-0.2, -0.15) is 0 Å². The number of rotatable bonds is 9. The minimum absolute atomic E-state index is 0.0410. The largest absolute Gasteiger partial charge is 0.508 e. The molecule has 1 aliphatic heterocycles. The zero-order valence-corrected chi connectivity index (χ0v) is 15.7. The fourth-order valence-electron chi connectivity index (χ4n) is 2.84. The number of aliphatic hydroxyl groups excluding tert-OH is 4. The van der Waals surface area contributed by atoms with Gasteiger partial charge in [-0.1, -0.05) is 26.2 Å². The number of benzene rings is 1. The van der Waals surface area contributed by atoms with E-state index >= 15 is 0 Å². The van der Waals surface area contributed by atoms with Crippen molar-refractivity contribution < 1.29 is 44.5 Å². The van der Waals surface area contributed by atoms with Crippen molar-refractivity contribution >= 4 is 5.97 Å². The van der Waals surface area contributed by atoms with Crippen molar-refractivity contribution in [3.05, 3.63) is 23.8 Å². The van der Waals surface area contributed by atoms with Gasteiger partial charge in [0.15, 0.2) is 0 Å². The molecule has 158 valence electrons. The SMILES string of the molecule is CCCCCCOC(=O)c1cc(O)ccc1O[C@@H]1O[C@H](CO)[C@@H](O)[C@H](O)[C@H]1O. The number of carbonyl (C=O) groups is 1. The molecule has 9 heteroatoms. The first-order valence-corrected chi connectivity index (χ1v) is 9.36. The van der Waals surface area contributed by atoms with Gasteiger partial charge in [-0.15, -0.1) is 0 Å². The number of esters is 1. The standard InChI is InChI=1S/C19H28O9/c1-2-3-4-5-8-26-18(25)12-9-11(21)6-7-13(12)27-19-17(24)16(23)15(22)14(10-20)28-19/h6-7,9,14-17,19-24H,2-5,8,10H2,1H3/t14-,15-,16+,17-,19-/m1/s1. The number of phenols is 1. The third kappa shape index (κ3) is 5.55. The van der Waals surface area contributed by atoms with E-state index in [0.717, 1.165) is 25.3 Å². The summed E-state index contributed by atoms with van der Waals surface area (Å²) in [6.45, 7) is 1.68. The Kier molecular flexibility index (Phi) is 8.46. The summed E-state index contributed by atoms with van der Waals surface area (Å²) in [4.78, 5) is 12.4. The van der Waals surface area contributed by atoms with Gasteiger partial charge in [0.2, 0.25) is 6.29 Å². The molecule has 2 rings (SSSR count). The van der Waals surface area contributed by atoms with Crippen LogP contribution < -0.4 is 4.74 Å². The number of hydrogen-bond acceptors (Lipinski definition) is 9. The molecule has 1 aromatic carbocycles. The zero-order chi connectivity index (χ0) is 20.7. The van der Waals surface area contributed by atoms with Crippen LogP contribution >= 0.6 is 0 Å². The fraction of sp³-hybridized carbons (Fsp3) is 0.632. The summed E-state index contributed by atoms with van der Waals surface area (Å²) in [5.41, 5.74) is -0.0764. The summed E-state index contributed by atoms with van der Waals surface area (Å²) < 4.78 is 16.0. The average Bonchev–Trinajstić information content (AvgIpc) is 2.69. The molecule has 28 heavy (non-hydrogen) atoms. The number of phenolic OH excluding ortho intramolecular Hbond substituents is 1. The third-order valence-electron chi connectivity index (χ3n) is 4.51. The molecule has 0 aliphatic carbocycles. The highest BCUT2D eigenvalue weighted by atomic mass is 16.7. The topological polar surface area (TPSA) is 146 Å². The van der Waals surface area contributed by atoms with Crippen molar-refractivity contribution in [2.45, 2.75) is 63.3 Å². The number of carbonyl (C=O) groups excluding carboxylic acids is 1. The smallest absolute Gasteiger partial charge is 0.342 e. The molecule has 0 radical (unpaired) electrons. The molecule has 1 saturated heterocycles. The molecule has 0 unspecified atom stereocenters. The summed E-state index contributed by atoms with van der Waals surface area (Å²) in [7, 11) is 0. The Morgan fingerprint density at radius 3 is 2.54 bits per heavy atom. The van der Waals surface area contributed by atoms with E-state index in [1.807, 2.05) is 0 Å². The monoisotopic (exact) mass is 400 g/mol. The molecule has 9 nitrogen and oxygen atoms in total. The van der Waals surface area contributed by atoms with Crippen LogP contribution in [0.4, 0.5) is 0 Å². The summed E-state index contributed by atoms with van der Waals surface area (Å²) in [6.07, 6.45) is -3.61. The lowest BCUT2D eigenvalue weighted by molar-refractivity contribution is -0.277. The van der Waals surface area contributed by atoms with Gasteiger partial charge >= 0.3 is 5.97 Å². The molecule has 0 saturated carbocycles. The van der Waals surface area contributed by atoms with E-state index < -0.39 is 43.3 Å². The van der Waals surface area contributed by atoms with Crippen LogP contribution in [0, 0.1) is 0 Å². The lowest BCUT2D eigenvalue weighted by Gasteiger charge is -2.39. The van der Waals surface area contributed by atoms with E-state index in [9.17, 15) is 30.3 Å². The Labute approximate surface area is 163 Å². The quantitative estimate of drug-likeness (QED) is 0.292. The van der Waals surface area contributed by atoms with Crippen molar-refractivity contribution in [3.8, 4) is 11.5 Å². The van der Waals surface area contributed by atoms with Gasteiger partial charge in [-0.3, -0.25) is 0 Å². The molecule has 1 aromatic rings. The molecule has 0 aromatic heterocycles. The fourth-order valence-corrected chi connectivity index (χ4v) is 2.84. The molecule has 0 spiro atoms. The second-order valence-corrected chi connectivity index (χ2v) is 6.69. The van der Waals surface area contributed by atoms with Crippen LogP contribution in [0.5, 0.6) is 11.5 Å². The molecule has 5 atom stereocenters. The Balaban J connectivity index is 2.09. The highest BCUT2D eigenvalue weighted by molar-refractivity contribution is 5.93. The summed E-state index contributed by atoms with van der Waals surface area (Å²) >= 11 is 0. The normalized spacial score (nSPS) is 27.4. The molecular formula is C19H28O9. The maximum Gasteiger partial charge on any atom is 0.342 e. The van der Waals surface area contributed by atoms with Gasteiger partial charge in [0.05, 0.1) is 13.2 Å². The summed E-state index contributed by atoms with van der Waals surface area (Å²) in [6, 6.07) is 3.73. The average molecular weight is 400 g/mol. The van der Waals surface area contributed by atoms with E-state index in [1.54, 1.807) is 0 Å². The van der Waals surface area contributed by atoms with E-state index in [-0.39, 0.29) is 23.7 Å². The first kappa shape index (κ1) is 22.4. The lowest BCUT2D eigenvalue weighted by atomic mass is 9.99. The second-order valence-electron chi connectivity index (χ2n) is 6.69. The van der Waals surface area contributed by atoms with Crippen molar-refractivity contribution in [3.63, 3.8) is 0 Å². The van der Waals surface area contributed by atoms with Gasteiger partial charge in [-0.05, 0) is 24.6 Å². The molecule has 1 heterocycles. The van der Waals surface area contributed by atoms with E-state index in [0.29, 0.717) is 6.42 Å². The first-order valence-electron chi connectivity index (χ1n) is 9.36. The van der Waals surface area contributed by atoms with Crippen molar-refractivity contribution in [2.24, 2.45) is 0 Å². The molecule has 1 aliphatic rings. The third-order valence-corrected chi connectivity index (χ3v) is 4.51. The number of hydrogen-bond donors (Lipinski definition) is 5. The zero-order valence-electron chi connectivity index (χ0n) is 15.7. The maximum atomic E-state index is 12.4. The minimum Gasteiger partial charge on any atom is -0.508 e. The summed E-state index contributed by atoms with van der Waals surface area (Å²) in [5.74, 6) is -0.938. The van der Waals surface area contributed by atoms with Gasteiger partial charge in [0.25, 0.3) is 0 Å². The highest BCUT2D eigenvalue weighted by Crippen LogP contribution is 2.29. The number of aliphatic hydroxyl groups is 4. The number of aromatic hydroxyl groups is 1. The van der Waals surface area contributed by atoms with Crippen LogP contribution in [0.3, 0.4) is 0 Å². The van der Waals surface area contributed by atoms with Crippen molar-refractivity contribution in [1.82, 2.24) is 0 Å². The summed E-state index contributed by atoms with van der Waals surface area (Å²) in [5, 5.41) is 48.7. The maximum absolute atomic E-state index is 12.4. The molecule has 0 bridgehead atoms. The minimum atomic E-state index is -1.62. The lowest BCUT2D eigenvalue weighted by Crippen LogP contribution is -2.60. The van der Waals surface area contributed by atoms with Crippen molar-refractivity contribution in [2.75, 3.05) is 13.2 Å². The van der Waals surface area contributed by atoms with Crippen LogP contribution in [0.15, 0.2) is 18.2 Å². The van der Waals surface area contributed by atoms with Crippen LogP contribution in [0.2, 0.25) is 0 Å². The predicted molar refractivity (Wildman–Crippen MR) is 96.9 cm³/mol. The van der Waals surface area contributed by atoms with Crippen LogP contribution in [0.25, 0.3) is 0 Å². The Bertz CT molecular complexity index is 634. The second kappa shape index (κ2) is 10.6. The Hall–Kier alpha value is -1.91. The number of ether oxygens (including phenoxy) is 3. The van der Waals surface area contributed by atoms with Crippen LogP contribution in [0.1, 0.15) is 43.0 Å². The van der Waals surface area contributed by atoms with E-state index in [1.165, 1.54) is 12.1 Å². The van der Waals surface area contributed by atoms with Gasteiger partial charge < -0.3 is 39.7 Å². The number of unbranched alkanes of at least 4 members (excludes halogenated alkanes) is 3. The highest BCUT2D eigenvalue weighted by Gasteiger charge is 2.45. The van der Waals surface area contributed by atoms with Crippen LogP contribution in [-0.4, -0.2) is 75.4 Å². The Morgan fingerprint density at radius 1 is 1.11 bits per heavy atom. The van der Waals surface area contributed by atoms with Crippen LogP contribution in [-0.2, 0) is 9.47 Å². The van der Waals surface area contributed by atoms with Gasteiger partial charge in [-0.25, -0.2) is 4.79 Å².